The van der Waals surface area contributed by atoms with Crippen LogP contribution in [0.4, 0.5) is 5.00 Å². The molecule has 2 amide bonds. The van der Waals surface area contributed by atoms with Crippen LogP contribution in [0, 0.1) is 6.92 Å². The van der Waals surface area contributed by atoms with Crippen LogP contribution >= 0.6 is 11.3 Å². The summed E-state index contributed by atoms with van der Waals surface area (Å²) < 4.78 is 32.3. The molecule has 0 saturated carbocycles. The SMILES string of the molecule is Cc1c(S(=O)(=O)N2CCOCC2)sc(NC(=O)c2cc[nH]n2)c1C(N)=O. The van der Waals surface area contributed by atoms with Gasteiger partial charge in [0.25, 0.3) is 21.8 Å². The Labute approximate surface area is 153 Å². The van der Waals surface area contributed by atoms with Crippen molar-refractivity contribution in [1.29, 1.82) is 0 Å². The second-order valence-corrected chi connectivity index (χ2v) is 8.67. The van der Waals surface area contributed by atoms with Crippen molar-refractivity contribution in [2.75, 3.05) is 31.6 Å². The first-order valence-electron chi connectivity index (χ1n) is 7.64. The van der Waals surface area contributed by atoms with Gasteiger partial charge < -0.3 is 15.8 Å². The molecule has 0 aromatic carbocycles. The van der Waals surface area contributed by atoms with E-state index in [1.165, 1.54) is 23.5 Å². The molecule has 26 heavy (non-hydrogen) atoms. The zero-order chi connectivity index (χ0) is 18.9. The minimum Gasteiger partial charge on any atom is -0.379 e. The number of amides is 2. The monoisotopic (exact) mass is 399 g/mol. The van der Waals surface area contributed by atoms with Crippen molar-refractivity contribution in [3.8, 4) is 0 Å². The highest BCUT2D eigenvalue weighted by molar-refractivity contribution is 7.91. The van der Waals surface area contributed by atoms with Gasteiger partial charge in [-0.15, -0.1) is 11.3 Å². The van der Waals surface area contributed by atoms with Crippen molar-refractivity contribution in [2.24, 2.45) is 5.73 Å². The van der Waals surface area contributed by atoms with Crippen molar-refractivity contribution in [1.82, 2.24) is 14.5 Å². The highest BCUT2D eigenvalue weighted by Crippen LogP contribution is 2.37. The summed E-state index contributed by atoms with van der Waals surface area (Å²) in [5.74, 6) is -1.40. The summed E-state index contributed by atoms with van der Waals surface area (Å²) in [5.41, 5.74) is 5.70. The second kappa shape index (κ2) is 7.15. The summed E-state index contributed by atoms with van der Waals surface area (Å²) in [5, 5.41) is 8.85. The van der Waals surface area contributed by atoms with E-state index < -0.39 is 21.8 Å². The summed E-state index contributed by atoms with van der Waals surface area (Å²) in [6, 6.07) is 1.45. The summed E-state index contributed by atoms with van der Waals surface area (Å²) >= 11 is 0.799. The molecular weight excluding hydrogens is 382 g/mol. The van der Waals surface area contributed by atoms with E-state index in [-0.39, 0.29) is 39.1 Å². The lowest BCUT2D eigenvalue weighted by Crippen LogP contribution is -2.40. The van der Waals surface area contributed by atoms with Gasteiger partial charge in [-0.05, 0) is 18.6 Å². The Kier molecular flexibility index (Phi) is 5.09. The number of morpholine rings is 1. The van der Waals surface area contributed by atoms with Gasteiger partial charge in [-0.3, -0.25) is 14.7 Å². The van der Waals surface area contributed by atoms with Crippen molar-refractivity contribution < 1.29 is 22.7 Å². The number of primary amides is 1. The fourth-order valence-electron chi connectivity index (χ4n) is 2.58. The summed E-state index contributed by atoms with van der Waals surface area (Å²) in [4.78, 5) is 24.1. The van der Waals surface area contributed by atoms with Crippen LogP contribution in [-0.4, -0.2) is 61.0 Å². The number of hydrogen-bond acceptors (Lipinski definition) is 7. The zero-order valence-corrected chi connectivity index (χ0v) is 15.4. The Morgan fingerprint density at radius 1 is 1.38 bits per heavy atom. The summed E-state index contributed by atoms with van der Waals surface area (Å²) in [6.45, 7) is 2.54. The standard InChI is InChI=1S/C14H17N5O5S2/c1-8-10(11(15)20)13(17-12(21)9-2-3-16-18-9)25-14(8)26(22,23)19-4-6-24-7-5-19/h2-3H,4-7H2,1H3,(H2,15,20)(H,16,18)(H,17,21). The fourth-order valence-corrected chi connectivity index (χ4v) is 5.86. The van der Waals surface area contributed by atoms with Crippen LogP contribution in [0.2, 0.25) is 0 Å². The Balaban J connectivity index is 1.99. The van der Waals surface area contributed by atoms with Crippen LogP contribution in [0.15, 0.2) is 16.5 Å². The van der Waals surface area contributed by atoms with Gasteiger partial charge in [0.2, 0.25) is 0 Å². The van der Waals surface area contributed by atoms with E-state index in [0.717, 1.165) is 11.3 Å². The summed E-state index contributed by atoms with van der Waals surface area (Å²) in [6.07, 6.45) is 1.47. The number of nitrogens with one attached hydrogen (secondary N) is 2. The van der Waals surface area contributed by atoms with E-state index in [1.807, 2.05) is 0 Å². The van der Waals surface area contributed by atoms with Gasteiger partial charge in [0.05, 0.1) is 18.8 Å². The highest BCUT2D eigenvalue weighted by Gasteiger charge is 2.33. The van der Waals surface area contributed by atoms with Gasteiger partial charge in [0.1, 0.15) is 14.9 Å². The predicted octanol–water partition coefficient (Wildman–Crippen LogP) is 0.152. The number of nitrogens with two attached hydrogens (primary N) is 1. The molecule has 1 aliphatic rings. The van der Waals surface area contributed by atoms with E-state index in [2.05, 4.69) is 15.5 Å². The molecule has 0 unspecified atom stereocenters. The number of anilines is 1. The van der Waals surface area contributed by atoms with Crippen LogP contribution in [0.3, 0.4) is 0 Å². The minimum absolute atomic E-state index is 0.0225. The lowest BCUT2D eigenvalue weighted by Gasteiger charge is -2.25. The number of aromatic nitrogens is 2. The number of rotatable bonds is 5. The molecule has 1 fully saturated rings. The van der Waals surface area contributed by atoms with Crippen molar-refractivity contribution in [3.63, 3.8) is 0 Å². The van der Waals surface area contributed by atoms with E-state index in [4.69, 9.17) is 10.5 Å². The largest absolute Gasteiger partial charge is 0.379 e. The highest BCUT2D eigenvalue weighted by atomic mass is 32.2. The first-order chi connectivity index (χ1) is 12.3. The third-order valence-corrected chi connectivity index (χ3v) is 7.56. The average molecular weight is 399 g/mol. The number of ether oxygens (including phenoxy) is 1. The number of sulfonamides is 1. The van der Waals surface area contributed by atoms with Gasteiger partial charge in [0.15, 0.2) is 0 Å². The molecule has 3 heterocycles. The fraction of sp³-hybridized carbons (Fsp3) is 0.357. The molecule has 0 atom stereocenters. The average Bonchev–Trinajstić information content (AvgIpc) is 3.24. The van der Waals surface area contributed by atoms with E-state index in [0.29, 0.717) is 13.2 Å². The van der Waals surface area contributed by atoms with Gasteiger partial charge in [-0.2, -0.15) is 9.40 Å². The van der Waals surface area contributed by atoms with Crippen LogP contribution in [0.25, 0.3) is 0 Å². The van der Waals surface area contributed by atoms with E-state index in [1.54, 1.807) is 0 Å². The lowest BCUT2D eigenvalue weighted by atomic mass is 10.2. The maximum atomic E-state index is 12.9. The van der Waals surface area contributed by atoms with Gasteiger partial charge in [0, 0.05) is 19.3 Å². The molecule has 0 radical (unpaired) electrons. The minimum atomic E-state index is -3.83. The van der Waals surface area contributed by atoms with Crippen LogP contribution in [0.5, 0.6) is 0 Å². The zero-order valence-electron chi connectivity index (χ0n) is 13.8. The third kappa shape index (κ3) is 3.35. The predicted molar refractivity (Wildman–Crippen MR) is 93.7 cm³/mol. The molecule has 0 spiro atoms. The Morgan fingerprint density at radius 3 is 2.65 bits per heavy atom. The summed E-state index contributed by atoms with van der Waals surface area (Å²) in [7, 11) is -3.83. The molecule has 0 bridgehead atoms. The van der Waals surface area contributed by atoms with Crippen molar-refractivity contribution >= 4 is 38.2 Å². The molecule has 0 aliphatic carbocycles. The normalized spacial score (nSPS) is 15.7. The first kappa shape index (κ1) is 18.5. The second-order valence-electron chi connectivity index (χ2n) is 5.51. The number of carbonyl (C=O) groups is 2. The topological polar surface area (TPSA) is 147 Å². The number of carbonyl (C=O) groups excluding carboxylic acids is 2. The van der Waals surface area contributed by atoms with Crippen LogP contribution in [-0.2, 0) is 14.8 Å². The third-order valence-electron chi connectivity index (χ3n) is 3.85. The molecule has 1 aliphatic heterocycles. The lowest BCUT2D eigenvalue weighted by molar-refractivity contribution is 0.0731. The Bertz CT molecular complexity index is 929. The Morgan fingerprint density at radius 2 is 2.08 bits per heavy atom. The van der Waals surface area contributed by atoms with Gasteiger partial charge >= 0.3 is 0 Å². The maximum absolute atomic E-state index is 12.9. The number of H-pyrrole nitrogens is 1. The van der Waals surface area contributed by atoms with Crippen molar-refractivity contribution in [3.05, 3.63) is 29.1 Å². The number of hydrogen-bond donors (Lipinski definition) is 3. The molecule has 2 aromatic rings. The molecule has 1 saturated heterocycles. The van der Waals surface area contributed by atoms with Crippen molar-refractivity contribution in [2.45, 2.75) is 11.1 Å². The Hall–Kier alpha value is -2.28. The quantitative estimate of drug-likeness (QED) is 0.652. The van der Waals surface area contributed by atoms with Crippen LogP contribution in [0.1, 0.15) is 26.4 Å². The number of nitrogens with zero attached hydrogens (tertiary/aromatic N) is 2. The smallest absolute Gasteiger partial charge is 0.276 e. The maximum Gasteiger partial charge on any atom is 0.276 e. The molecule has 3 rings (SSSR count). The first-order valence-corrected chi connectivity index (χ1v) is 9.90. The number of thiophene rings is 1. The van der Waals surface area contributed by atoms with Crippen LogP contribution < -0.4 is 11.1 Å². The molecule has 2 aromatic heterocycles. The van der Waals surface area contributed by atoms with Gasteiger partial charge in [-0.1, -0.05) is 0 Å². The van der Waals surface area contributed by atoms with E-state index in [9.17, 15) is 18.0 Å². The molecule has 140 valence electrons. The molecule has 4 N–H and O–H groups in total. The molecule has 10 nitrogen and oxygen atoms in total. The molecular formula is C14H17N5O5S2. The van der Waals surface area contributed by atoms with Gasteiger partial charge in [-0.25, -0.2) is 8.42 Å². The number of aromatic amines is 1. The van der Waals surface area contributed by atoms with E-state index >= 15 is 0 Å². The molecule has 12 heteroatoms.